The first-order chi connectivity index (χ1) is 37.5. The number of benzene rings is 2. The van der Waals surface area contributed by atoms with Gasteiger partial charge >= 0.3 is 11.7 Å². The minimum absolute atomic E-state index is 0.135. The summed E-state index contributed by atoms with van der Waals surface area (Å²) in [5, 5.41) is 24.1. The third kappa shape index (κ3) is 25.0. The van der Waals surface area contributed by atoms with E-state index in [9.17, 15) is 23.6 Å². The summed E-state index contributed by atoms with van der Waals surface area (Å²) in [6.07, 6.45) is 3.40. The Bertz CT molecular complexity index is 2570. The van der Waals surface area contributed by atoms with Crippen LogP contribution in [0.25, 0.3) is 0 Å². The highest BCUT2D eigenvalue weighted by atomic mass is 35.5. The van der Waals surface area contributed by atoms with Crippen LogP contribution in [0.15, 0.2) is 70.1 Å². The molecule has 422 valence electrons. The average molecular weight is 1140 g/mol. The molecule has 3 heterocycles. The van der Waals surface area contributed by atoms with Crippen LogP contribution in [0.4, 0.5) is 20.0 Å². The predicted octanol–water partition coefficient (Wildman–Crippen LogP) is 4.26. The summed E-state index contributed by atoms with van der Waals surface area (Å²) in [4.78, 5) is 60.1. The van der Waals surface area contributed by atoms with Crippen molar-refractivity contribution in [1.82, 2.24) is 45.9 Å². The number of rotatable bonds is 40. The van der Waals surface area contributed by atoms with Crippen molar-refractivity contribution in [2.45, 2.75) is 49.2 Å². The summed E-state index contributed by atoms with van der Waals surface area (Å²) >= 11 is 8.54. The number of hydrogen-bond acceptors (Lipinski definition) is 20. The largest absolute Gasteiger partial charge is 0.497 e. The second-order valence-electron chi connectivity index (χ2n) is 16.3. The molecule has 0 unspecified atom stereocenters. The Morgan fingerprint density at radius 1 is 0.818 bits per heavy atom. The Balaban J connectivity index is 0.797. The van der Waals surface area contributed by atoms with E-state index in [4.69, 9.17) is 54.2 Å². The van der Waals surface area contributed by atoms with Crippen LogP contribution < -0.4 is 41.7 Å². The number of carbonyl (C=O) groups is 3. The SMILES string of the molecule is CNCCNC(=O)Cc1csc(NC(=O)Nc2ccc(OCCOCCOCCOCCOCc3cn(CCOCCOCCOCC[C@@H](Sc4[nH]c(=O)ncc4Cl)C(=O)N[C@H](C)c4ccc(OC)cc4F)nn3)cc2)n1. The van der Waals surface area contributed by atoms with Gasteiger partial charge in [0.15, 0.2) is 5.13 Å². The van der Waals surface area contributed by atoms with Gasteiger partial charge in [0.25, 0.3) is 0 Å². The number of aromatic nitrogens is 6. The molecule has 24 nitrogen and oxygen atoms in total. The summed E-state index contributed by atoms with van der Waals surface area (Å²) in [5.74, 6) is -0.0622. The van der Waals surface area contributed by atoms with E-state index in [0.717, 1.165) is 11.8 Å². The zero-order valence-corrected chi connectivity index (χ0v) is 45.6. The molecule has 0 saturated carbocycles. The zero-order chi connectivity index (χ0) is 54.9. The van der Waals surface area contributed by atoms with Gasteiger partial charge in [-0.15, -0.1) is 16.4 Å². The van der Waals surface area contributed by atoms with E-state index < -0.39 is 34.7 Å². The van der Waals surface area contributed by atoms with Gasteiger partial charge in [0.1, 0.15) is 29.6 Å². The summed E-state index contributed by atoms with van der Waals surface area (Å²) in [6.45, 7) is 8.65. The van der Waals surface area contributed by atoms with Gasteiger partial charge in [0.2, 0.25) is 11.8 Å². The molecule has 0 bridgehead atoms. The molecule has 0 fully saturated rings. The molecule has 0 spiro atoms. The summed E-state index contributed by atoms with van der Waals surface area (Å²) in [5.41, 5.74) is 1.51. The number of halogens is 2. The van der Waals surface area contributed by atoms with E-state index in [-0.39, 0.29) is 54.2 Å². The van der Waals surface area contributed by atoms with Crippen molar-refractivity contribution in [3.63, 3.8) is 0 Å². The number of thioether (sulfide) groups is 1. The fraction of sp³-hybridized carbons (Fsp3) is 0.510. The molecule has 0 aliphatic heterocycles. The van der Waals surface area contributed by atoms with E-state index in [1.54, 1.807) is 59.6 Å². The summed E-state index contributed by atoms with van der Waals surface area (Å²) in [7, 11) is 3.25. The highest BCUT2D eigenvalue weighted by Gasteiger charge is 2.25. The number of carbonyl (C=O) groups excluding carboxylic acids is 3. The maximum atomic E-state index is 14.7. The quantitative estimate of drug-likeness (QED) is 0.0181. The lowest BCUT2D eigenvalue weighted by atomic mass is 10.1. The number of amides is 4. The molecule has 2 atom stereocenters. The van der Waals surface area contributed by atoms with Crippen LogP contribution in [0.1, 0.15) is 36.3 Å². The van der Waals surface area contributed by atoms with Gasteiger partial charge in [-0.3, -0.25) is 19.9 Å². The predicted molar refractivity (Wildman–Crippen MR) is 286 cm³/mol. The molecule has 3 aromatic heterocycles. The number of likely N-dealkylation sites (N-methyl/N-ethyl adjacent to an activating group) is 1. The molecule has 77 heavy (non-hydrogen) atoms. The number of urea groups is 1. The van der Waals surface area contributed by atoms with Gasteiger partial charge in [-0.05, 0) is 50.7 Å². The minimum Gasteiger partial charge on any atom is -0.497 e. The number of nitrogens with zero attached hydrogens (tertiary/aromatic N) is 5. The number of thiazole rings is 1. The Kier molecular flexibility index (Phi) is 29.2. The lowest BCUT2D eigenvalue weighted by molar-refractivity contribution is -0.122. The van der Waals surface area contributed by atoms with Crippen molar-refractivity contribution >= 4 is 63.4 Å². The average Bonchev–Trinajstić information content (AvgIpc) is 4.07. The minimum atomic E-state index is -0.738. The molecule has 6 N–H and O–H groups in total. The van der Waals surface area contributed by atoms with Crippen LogP contribution >= 0.6 is 34.7 Å². The Labute approximate surface area is 458 Å². The molecule has 0 aliphatic carbocycles. The Morgan fingerprint density at radius 2 is 1.47 bits per heavy atom. The number of aromatic amines is 1. The van der Waals surface area contributed by atoms with Crippen LogP contribution in [-0.4, -0.2) is 173 Å². The molecule has 0 saturated heterocycles. The molecule has 2 aromatic carbocycles. The second kappa shape index (κ2) is 36.3. The van der Waals surface area contributed by atoms with E-state index in [1.165, 1.54) is 30.7 Å². The van der Waals surface area contributed by atoms with Crippen molar-refractivity contribution in [3.8, 4) is 11.5 Å². The van der Waals surface area contributed by atoms with Crippen molar-refractivity contribution in [3.05, 3.63) is 98.5 Å². The molecule has 0 radical (unpaired) electrons. The highest BCUT2D eigenvalue weighted by Crippen LogP contribution is 2.30. The normalized spacial score (nSPS) is 12.0. The highest BCUT2D eigenvalue weighted by molar-refractivity contribution is 8.00. The van der Waals surface area contributed by atoms with Gasteiger partial charge in [-0.2, -0.15) is 0 Å². The topological polar surface area (TPSA) is 284 Å². The number of nitrogens with one attached hydrogen (secondary N) is 6. The fourth-order valence-electron chi connectivity index (χ4n) is 6.56. The zero-order valence-electron chi connectivity index (χ0n) is 43.2. The van der Waals surface area contributed by atoms with Crippen LogP contribution in [0.3, 0.4) is 0 Å². The van der Waals surface area contributed by atoms with Gasteiger partial charge in [0.05, 0.1) is 145 Å². The number of hydrogen-bond donors (Lipinski definition) is 6. The van der Waals surface area contributed by atoms with E-state index in [1.807, 2.05) is 7.05 Å². The third-order valence-electron chi connectivity index (χ3n) is 10.4. The standard InChI is InChI=1S/C49H67ClFN11O13S2/c1-34(40-9-8-39(67-3)29-42(40)51)55-45(64)43(77-46-41(50)30-54-47(65)58-46)10-14-68-16-18-70-19-17-69-15-13-62-31-37(60-61-62)32-74-25-24-72-21-20-71-22-23-73-26-27-75-38-6-4-35(5-7-38)56-48(66)59-49-57-36(33-76-49)28-44(63)53-12-11-52-2/h4-9,29-31,33-34,43,52H,10-28,32H2,1-3H3,(H,53,63)(H,55,64)(H,54,58,65)(H2,56,57,59,66)/t34-,43-/m1/s1. The number of H-pyrrole nitrogens is 1. The van der Waals surface area contributed by atoms with Crippen LogP contribution in [0, 0.1) is 5.82 Å². The first-order valence-electron chi connectivity index (χ1n) is 24.6. The Hall–Kier alpha value is -5.85. The second-order valence-corrected chi connectivity index (χ2v) is 18.8. The van der Waals surface area contributed by atoms with Gasteiger partial charge in [0, 0.05) is 42.4 Å². The molecule has 5 aromatic rings. The molecular formula is C49H67ClFN11O13S2. The fourth-order valence-corrected chi connectivity index (χ4v) is 8.48. The van der Waals surface area contributed by atoms with E-state index in [2.05, 4.69) is 51.8 Å². The van der Waals surface area contributed by atoms with Gasteiger partial charge < -0.3 is 63.9 Å². The molecular weight excluding hydrogens is 1070 g/mol. The summed E-state index contributed by atoms with van der Waals surface area (Å²) < 4.78 is 66.5. The maximum absolute atomic E-state index is 14.7. The third-order valence-corrected chi connectivity index (χ3v) is 12.9. The number of methoxy groups -OCH3 is 1. The van der Waals surface area contributed by atoms with E-state index in [0.29, 0.717) is 133 Å². The molecule has 0 aliphatic rings. The van der Waals surface area contributed by atoms with Crippen molar-refractivity contribution in [2.75, 3.05) is 130 Å². The van der Waals surface area contributed by atoms with Crippen molar-refractivity contribution in [1.29, 1.82) is 0 Å². The van der Waals surface area contributed by atoms with Gasteiger partial charge in [-0.1, -0.05) is 34.6 Å². The molecule has 28 heteroatoms. The van der Waals surface area contributed by atoms with Crippen LogP contribution in [-0.2, 0) is 62.3 Å². The van der Waals surface area contributed by atoms with Crippen molar-refractivity contribution in [2.24, 2.45) is 0 Å². The van der Waals surface area contributed by atoms with Crippen LogP contribution in [0.2, 0.25) is 5.02 Å². The summed E-state index contributed by atoms with van der Waals surface area (Å²) in [6, 6.07) is 10.2. The number of anilines is 2. The first-order valence-corrected chi connectivity index (χ1v) is 26.8. The molecule has 5 rings (SSSR count). The van der Waals surface area contributed by atoms with Crippen molar-refractivity contribution < 1.29 is 61.4 Å². The number of ether oxygens (including phenoxy) is 9. The lowest BCUT2D eigenvalue weighted by Gasteiger charge is -2.21. The monoisotopic (exact) mass is 1140 g/mol. The Morgan fingerprint density at radius 3 is 2.14 bits per heavy atom. The van der Waals surface area contributed by atoms with E-state index >= 15 is 0 Å². The van der Waals surface area contributed by atoms with Crippen LogP contribution in [0.5, 0.6) is 11.5 Å². The smallest absolute Gasteiger partial charge is 0.345 e. The maximum Gasteiger partial charge on any atom is 0.345 e. The lowest BCUT2D eigenvalue weighted by Crippen LogP contribution is -2.36. The first kappa shape index (κ1) is 62.0. The molecule has 4 amide bonds. The van der Waals surface area contributed by atoms with Gasteiger partial charge in [-0.25, -0.2) is 28.6 Å².